The van der Waals surface area contributed by atoms with Gasteiger partial charge in [0.1, 0.15) is 0 Å². The van der Waals surface area contributed by atoms with Crippen molar-refractivity contribution in [3.8, 4) is 0 Å². The Morgan fingerprint density at radius 1 is 1.24 bits per heavy atom. The van der Waals surface area contributed by atoms with Crippen LogP contribution in [0.3, 0.4) is 0 Å². The number of guanidine groups is 1. The molecule has 0 aromatic rings. The average molecular weight is 369 g/mol. The van der Waals surface area contributed by atoms with E-state index in [0.29, 0.717) is 6.04 Å². The Balaban J connectivity index is 1.63. The highest BCUT2D eigenvalue weighted by Gasteiger charge is 2.39. The van der Waals surface area contributed by atoms with Crippen LogP contribution in [-0.4, -0.2) is 73.3 Å². The van der Waals surface area contributed by atoms with Crippen LogP contribution in [0.4, 0.5) is 0 Å². The van der Waals surface area contributed by atoms with Crippen molar-refractivity contribution in [1.82, 2.24) is 15.5 Å². The van der Waals surface area contributed by atoms with Gasteiger partial charge in [0, 0.05) is 36.6 Å². The lowest BCUT2D eigenvalue weighted by Crippen LogP contribution is -2.54. The van der Waals surface area contributed by atoms with E-state index in [1.54, 1.807) is 0 Å². The number of hydrogen-bond donors (Lipinski definition) is 2. The summed E-state index contributed by atoms with van der Waals surface area (Å²) in [6, 6.07) is 0.577. The SMILES string of the molecule is CCNC(=NCC1(N2CCCC2)CCOCC1)NC1CCC(SC)C1. The Hall–Kier alpha value is -0.460. The van der Waals surface area contributed by atoms with Gasteiger partial charge in [-0.3, -0.25) is 9.89 Å². The molecule has 2 N–H and O–H groups in total. The fourth-order valence-electron chi connectivity index (χ4n) is 4.54. The summed E-state index contributed by atoms with van der Waals surface area (Å²) in [6.07, 6.45) is 11.0. The van der Waals surface area contributed by atoms with E-state index in [9.17, 15) is 0 Å². The molecule has 0 amide bonds. The van der Waals surface area contributed by atoms with Crippen molar-refractivity contribution in [2.75, 3.05) is 45.6 Å². The van der Waals surface area contributed by atoms with Crippen molar-refractivity contribution in [2.45, 2.75) is 68.7 Å². The maximum Gasteiger partial charge on any atom is 0.191 e. The number of aliphatic imine (C=N–C) groups is 1. The number of likely N-dealkylation sites (tertiary alicyclic amines) is 1. The number of rotatable bonds is 6. The van der Waals surface area contributed by atoms with E-state index in [1.807, 2.05) is 11.8 Å². The molecule has 5 nitrogen and oxygen atoms in total. The van der Waals surface area contributed by atoms with Gasteiger partial charge < -0.3 is 15.4 Å². The maximum absolute atomic E-state index is 5.66. The maximum atomic E-state index is 5.66. The summed E-state index contributed by atoms with van der Waals surface area (Å²) in [5, 5.41) is 7.99. The zero-order chi connectivity index (χ0) is 17.5. The lowest BCUT2D eigenvalue weighted by atomic mass is 9.88. The normalized spacial score (nSPS) is 30.6. The highest BCUT2D eigenvalue weighted by molar-refractivity contribution is 7.99. The standard InChI is InChI=1S/C19H36N4OS/c1-3-20-18(22-16-6-7-17(14-16)25-2)21-15-19(8-12-24-13-9-19)23-10-4-5-11-23/h16-17H,3-15H2,1-2H3,(H2,20,21,22). The number of thioether (sulfide) groups is 1. The summed E-state index contributed by atoms with van der Waals surface area (Å²) in [6.45, 7) is 8.20. The minimum absolute atomic E-state index is 0.217. The Morgan fingerprint density at radius 2 is 2.00 bits per heavy atom. The summed E-state index contributed by atoms with van der Waals surface area (Å²) in [7, 11) is 0. The number of ether oxygens (including phenoxy) is 1. The van der Waals surface area contributed by atoms with E-state index in [2.05, 4.69) is 28.7 Å². The van der Waals surface area contributed by atoms with E-state index < -0.39 is 0 Å². The van der Waals surface area contributed by atoms with E-state index in [4.69, 9.17) is 9.73 Å². The lowest BCUT2D eigenvalue weighted by Gasteiger charge is -2.43. The molecule has 6 heteroatoms. The molecule has 0 aromatic carbocycles. The molecular weight excluding hydrogens is 332 g/mol. The van der Waals surface area contributed by atoms with Gasteiger partial charge in [-0.1, -0.05) is 0 Å². The zero-order valence-corrected chi connectivity index (χ0v) is 16.9. The van der Waals surface area contributed by atoms with Crippen LogP contribution in [0.5, 0.6) is 0 Å². The molecule has 1 aliphatic carbocycles. The highest BCUT2D eigenvalue weighted by atomic mass is 32.2. The van der Waals surface area contributed by atoms with Crippen molar-refractivity contribution in [3.05, 3.63) is 0 Å². The van der Waals surface area contributed by atoms with E-state index in [1.165, 1.54) is 45.2 Å². The molecule has 25 heavy (non-hydrogen) atoms. The van der Waals surface area contributed by atoms with Crippen molar-refractivity contribution in [3.63, 3.8) is 0 Å². The molecule has 3 fully saturated rings. The summed E-state index contributed by atoms with van der Waals surface area (Å²) in [5.41, 5.74) is 0.217. The van der Waals surface area contributed by atoms with Gasteiger partial charge in [0.25, 0.3) is 0 Å². The molecular formula is C19H36N4OS. The number of hydrogen-bond acceptors (Lipinski definition) is 4. The first-order valence-corrected chi connectivity index (χ1v) is 11.4. The molecule has 0 radical (unpaired) electrons. The largest absolute Gasteiger partial charge is 0.381 e. The molecule has 1 saturated carbocycles. The monoisotopic (exact) mass is 368 g/mol. The van der Waals surface area contributed by atoms with E-state index >= 15 is 0 Å². The second-order valence-corrected chi connectivity index (χ2v) is 8.88. The minimum Gasteiger partial charge on any atom is -0.381 e. The molecule has 3 rings (SSSR count). The van der Waals surface area contributed by atoms with Crippen LogP contribution in [-0.2, 0) is 4.74 Å². The average Bonchev–Trinajstić information content (AvgIpc) is 3.33. The van der Waals surface area contributed by atoms with E-state index in [-0.39, 0.29) is 5.54 Å². The van der Waals surface area contributed by atoms with Crippen LogP contribution in [0, 0.1) is 0 Å². The second-order valence-electron chi connectivity index (χ2n) is 7.74. The lowest BCUT2D eigenvalue weighted by molar-refractivity contribution is -0.0139. The second kappa shape index (κ2) is 9.47. The van der Waals surface area contributed by atoms with Crippen molar-refractivity contribution >= 4 is 17.7 Å². The quantitative estimate of drug-likeness (QED) is 0.557. The Kier molecular flexibility index (Phi) is 7.31. The van der Waals surface area contributed by atoms with Gasteiger partial charge in [-0.05, 0) is 71.2 Å². The van der Waals surface area contributed by atoms with Crippen LogP contribution >= 0.6 is 11.8 Å². The minimum atomic E-state index is 0.217. The molecule has 0 bridgehead atoms. The third-order valence-electron chi connectivity index (χ3n) is 6.13. The topological polar surface area (TPSA) is 48.9 Å². The predicted octanol–water partition coefficient (Wildman–Crippen LogP) is 2.47. The van der Waals surface area contributed by atoms with E-state index in [0.717, 1.165) is 50.4 Å². The summed E-state index contributed by atoms with van der Waals surface area (Å²) < 4.78 is 5.66. The van der Waals surface area contributed by atoms with Gasteiger partial charge in [-0.25, -0.2) is 0 Å². The fourth-order valence-corrected chi connectivity index (χ4v) is 5.34. The van der Waals surface area contributed by atoms with Crippen LogP contribution < -0.4 is 10.6 Å². The molecule has 3 aliphatic rings. The summed E-state index contributed by atoms with van der Waals surface area (Å²) >= 11 is 2.01. The highest BCUT2D eigenvalue weighted by Crippen LogP contribution is 2.32. The zero-order valence-electron chi connectivity index (χ0n) is 16.1. The third kappa shape index (κ3) is 5.04. The molecule has 144 valence electrons. The summed E-state index contributed by atoms with van der Waals surface area (Å²) in [5.74, 6) is 1.01. The van der Waals surface area contributed by atoms with Crippen molar-refractivity contribution in [2.24, 2.45) is 4.99 Å². The molecule has 2 aliphatic heterocycles. The first-order valence-electron chi connectivity index (χ1n) is 10.2. The first kappa shape index (κ1) is 19.3. The van der Waals surface area contributed by atoms with Gasteiger partial charge in [-0.2, -0.15) is 11.8 Å². The Labute approximate surface area is 157 Å². The predicted molar refractivity (Wildman–Crippen MR) is 108 cm³/mol. The van der Waals surface area contributed by atoms with Gasteiger partial charge in [0.2, 0.25) is 0 Å². The number of nitrogens with zero attached hydrogens (tertiary/aromatic N) is 2. The molecule has 0 aromatic heterocycles. The van der Waals surface area contributed by atoms with Gasteiger partial charge in [0.05, 0.1) is 6.54 Å². The fraction of sp³-hybridized carbons (Fsp3) is 0.947. The smallest absolute Gasteiger partial charge is 0.191 e. The van der Waals surface area contributed by atoms with Crippen molar-refractivity contribution < 1.29 is 4.74 Å². The Bertz CT molecular complexity index is 433. The Morgan fingerprint density at radius 3 is 2.64 bits per heavy atom. The summed E-state index contributed by atoms with van der Waals surface area (Å²) in [4.78, 5) is 7.75. The van der Waals surface area contributed by atoms with Gasteiger partial charge in [-0.15, -0.1) is 0 Å². The number of nitrogens with one attached hydrogen (secondary N) is 2. The van der Waals surface area contributed by atoms with Crippen LogP contribution in [0.15, 0.2) is 4.99 Å². The first-order chi connectivity index (χ1) is 12.3. The molecule has 2 heterocycles. The molecule has 2 unspecified atom stereocenters. The molecule has 2 atom stereocenters. The third-order valence-corrected chi connectivity index (χ3v) is 7.23. The molecule has 2 saturated heterocycles. The van der Waals surface area contributed by atoms with Crippen molar-refractivity contribution in [1.29, 1.82) is 0 Å². The van der Waals surface area contributed by atoms with Gasteiger partial charge in [0.15, 0.2) is 5.96 Å². The van der Waals surface area contributed by atoms with Crippen LogP contribution in [0.1, 0.15) is 51.9 Å². The van der Waals surface area contributed by atoms with Gasteiger partial charge >= 0.3 is 0 Å². The van der Waals surface area contributed by atoms with Crippen LogP contribution in [0.25, 0.3) is 0 Å². The molecule has 0 spiro atoms. The van der Waals surface area contributed by atoms with Crippen LogP contribution in [0.2, 0.25) is 0 Å².